The number of carbonyl (C=O) groups excluding carboxylic acids is 1. The van der Waals surface area contributed by atoms with E-state index in [0.717, 1.165) is 5.39 Å². The van der Waals surface area contributed by atoms with Gasteiger partial charge >= 0.3 is 0 Å². The summed E-state index contributed by atoms with van der Waals surface area (Å²) in [6.07, 6.45) is 0.972. The van der Waals surface area contributed by atoms with Crippen LogP contribution < -0.4 is 10.2 Å². The van der Waals surface area contributed by atoms with Gasteiger partial charge in [0.1, 0.15) is 11.6 Å². The zero-order valence-corrected chi connectivity index (χ0v) is 22.6. The monoisotopic (exact) mass is 549 g/mol. The summed E-state index contributed by atoms with van der Waals surface area (Å²) in [7, 11) is 0. The third-order valence-electron chi connectivity index (χ3n) is 6.51. The van der Waals surface area contributed by atoms with E-state index in [2.05, 4.69) is 10.3 Å². The molecule has 202 valence electrons. The molecule has 1 aliphatic heterocycles. The van der Waals surface area contributed by atoms with Gasteiger partial charge in [0.15, 0.2) is 0 Å². The second-order valence-electron chi connectivity index (χ2n) is 9.89. The van der Waals surface area contributed by atoms with Crippen LogP contribution in [0.4, 0.5) is 10.2 Å². The van der Waals surface area contributed by atoms with Gasteiger partial charge in [0.2, 0.25) is 0 Å². The van der Waals surface area contributed by atoms with Crippen molar-refractivity contribution in [3.8, 4) is 11.4 Å². The molecule has 5 rings (SSSR count). The Labute approximate surface area is 230 Å². The molecule has 1 amide bonds. The van der Waals surface area contributed by atoms with Crippen LogP contribution in [0.5, 0.6) is 0 Å². The van der Waals surface area contributed by atoms with Crippen LogP contribution in [0.15, 0.2) is 54.7 Å². The summed E-state index contributed by atoms with van der Waals surface area (Å²) in [4.78, 5) is 28.6. The smallest absolute Gasteiger partial charge is 0.251 e. The summed E-state index contributed by atoms with van der Waals surface area (Å²) < 4.78 is 20.5. The number of hydrogen-bond donors (Lipinski definition) is 2. The van der Waals surface area contributed by atoms with Crippen molar-refractivity contribution in [2.45, 2.75) is 45.6 Å². The van der Waals surface area contributed by atoms with Crippen LogP contribution >= 0.6 is 11.6 Å². The van der Waals surface area contributed by atoms with Gasteiger partial charge in [0.25, 0.3) is 5.91 Å². The largest absolute Gasteiger partial charge is 0.389 e. The van der Waals surface area contributed by atoms with Crippen molar-refractivity contribution in [1.82, 2.24) is 20.3 Å². The summed E-state index contributed by atoms with van der Waals surface area (Å²) >= 11 is 6.11. The third-order valence-corrected chi connectivity index (χ3v) is 6.73. The highest BCUT2D eigenvalue weighted by molar-refractivity contribution is 6.31. The Hall–Kier alpha value is -3.66. The van der Waals surface area contributed by atoms with E-state index >= 15 is 0 Å². The second kappa shape index (κ2) is 11.2. The first-order valence-electron chi connectivity index (χ1n) is 12.8. The van der Waals surface area contributed by atoms with E-state index in [9.17, 15) is 14.3 Å². The van der Waals surface area contributed by atoms with Crippen molar-refractivity contribution in [2.75, 3.05) is 18.0 Å². The summed E-state index contributed by atoms with van der Waals surface area (Å²) in [6, 6.07) is 13.0. The summed E-state index contributed by atoms with van der Waals surface area (Å²) in [5.41, 5.74) is 3.11. The average Bonchev–Trinajstić information content (AvgIpc) is 2.90. The number of ether oxygens (including phenoxy) is 1. The molecule has 0 aliphatic carbocycles. The van der Waals surface area contributed by atoms with E-state index in [1.807, 2.05) is 24.8 Å². The lowest BCUT2D eigenvalue weighted by atomic mass is 10.1. The van der Waals surface area contributed by atoms with Crippen molar-refractivity contribution >= 4 is 34.2 Å². The average molecular weight is 550 g/mol. The van der Waals surface area contributed by atoms with Gasteiger partial charge in [-0.05, 0) is 62.7 Å². The molecule has 0 bridgehead atoms. The summed E-state index contributed by atoms with van der Waals surface area (Å²) in [6.45, 7) is 7.00. The highest BCUT2D eigenvalue weighted by atomic mass is 35.5. The minimum Gasteiger partial charge on any atom is -0.389 e. The Morgan fingerprint density at radius 1 is 1.13 bits per heavy atom. The van der Waals surface area contributed by atoms with Crippen molar-refractivity contribution in [3.05, 3.63) is 82.4 Å². The summed E-state index contributed by atoms with van der Waals surface area (Å²) in [5, 5.41) is 13.8. The number of aromatic nitrogens is 3. The highest BCUT2D eigenvalue weighted by Gasteiger charge is 2.24. The molecule has 0 spiro atoms. The predicted octanol–water partition coefficient (Wildman–Crippen LogP) is 5.08. The third kappa shape index (κ3) is 6.33. The Morgan fingerprint density at radius 3 is 2.64 bits per heavy atom. The molecule has 1 fully saturated rings. The first kappa shape index (κ1) is 26.9. The SMILES string of the molecule is CC(O)c1cc(Cl)cc(C(=O)NCc2cc3nc(-c4cc(F)cc(N5C[C@@H](C)O[C@@H](C)C5)n4)ccc3cn2)c1. The van der Waals surface area contributed by atoms with E-state index < -0.39 is 6.10 Å². The molecule has 1 aliphatic rings. The normalized spacial score (nSPS) is 18.3. The Morgan fingerprint density at radius 2 is 1.90 bits per heavy atom. The van der Waals surface area contributed by atoms with E-state index in [1.165, 1.54) is 12.1 Å². The van der Waals surface area contributed by atoms with Crippen LogP contribution in [0.25, 0.3) is 22.3 Å². The zero-order chi connectivity index (χ0) is 27.7. The zero-order valence-electron chi connectivity index (χ0n) is 21.9. The topological polar surface area (TPSA) is 100 Å². The van der Waals surface area contributed by atoms with Gasteiger partial charge in [-0.2, -0.15) is 0 Å². The van der Waals surface area contributed by atoms with E-state index in [4.69, 9.17) is 26.3 Å². The molecule has 1 saturated heterocycles. The molecule has 8 nitrogen and oxygen atoms in total. The molecule has 39 heavy (non-hydrogen) atoms. The number of fused-ring (bicyclic) bond motifs is 1. The lowest BCUT2D eigenvalue weighted by Crippen LogP contribution is -2.45. The van der Waals surface area contributed by atoms with Crippen molar-refractivity contribution in [2.24, 2.45) is 0 Å². The highest BCUT2D eigenvalue weighted by Crippen LogP contribution is 2.26. The molecule has 3 aromatic heterocycles. The van der Waals surface area contributed by atoms with Crippen LogP contribution in [0.2, 0.25) is 5.02 Å². The number of carbonyl (C=O) groups is 1. The predicted molar refractivity (Wildman–Crippen MR) is 148 cm³/mol. The van der Waals surface area contributed by atoms with Crippen molar-refractivity contribution in [3.63, 3.8) is 0 Å². The van der Waals surface area contributed by atoms with E-state index in [1.54, 1.807) is 43.5 Å². The molecule has 4 heterocycles. The molecule has 10 heteroatoms. The van der Waals surface area contributed by atoms with Crippen LogP contribution in [-0.2, 0) is 11.3 Å². The minimum absolute atomic E-state index is 0.0200. The van der Waals surface area contributed by atoms with Gasteiger partial charge in [-0.1, -0.05) is 11.6 Å². The molecular formula is C29H29ClFN5O3. The quantitative estimate of drug-likeness (QED) is 0.346. The van der Waals surface area contributed by atoms with Gasteiger partial charge in [-0.15, -0.1) is 0 Å². The first-order valence-corrected chi connectivity index (χ1v) is 13.1. The maximum absolute atomic E-state index is 14.7. The van der Waals surface area contributed by atoms with Gasteiger partial charge in [-0.3, -0.25) is 9.78 Å². The fraction of sp³-hybridized carbons (Fsp3) is 0.310. The lowest BCUT2D eigenvalue weighted by Gasteiger charge is -2.36. The number of nitrogens with zero attached hydrogens (tertiary/aromatic N) is 4. The number of aliphatic hydroxyl groups is 1. The maximum Gasteiger partial charge on any atom is 0.251 e. The standard InChI is InChI=1S/C29H29ClFN5O3/c1-16-14-36(15-17(2)39-16)28-10-23(31)9-27(35-28)25-5-4-19-12-32-24(11-26(19)34-25)13-33-29(38)21-6-20(18(3)37)7-22(30)8-21/h4-12,16-18,37H,13-15H2,1-3H3,(H,33,38)/t16-,17+,18?. The van der Waals surface area contributed by atoms with Crippen molar-refractivity contribution < 1.29 is 19.0 Å². The Bertz CT molecular complexity index is 1520. The molecule has 2 N–H and O–H groups in total. The molecule has 1 unspecified atom stereocenters. The number of aliphatic hydroxyl groups excluding tert-OH is 1. The van der Waals surface area contributed by atoms with Gasteiger partial charge in [0.05, 0.1) is 47.5 Å². The number of hydrogen-bond acceptors (Lipinski definition) is 7. The lowest BCUT2D eigenvalue weighted by molar-refractivity contribution is -0.00547. The van der Waals surface area contributed by atoms with Crippen LogP contribution in [0.1, 0.15) is 48.5 Å². The second-order valence-corrected chi connectivity index (χ2v) is 10.3. The van der Waals surface area contributed by atoms with Gasteiger partial charge in [0, 0.05) is 47.4 Å². The summed E-state index contributed by atoms with van der Waals surface area (Å²) in [5.74, 6) is -0.181. The van der Waals surface area contributed by atoms with Crippen LogP contribution in [-0.4, -0.2) is 51.3 Å². The number of rotatable bonds is 6. The first-order chi connectivity index (χ1) is 18.6. The van der Waals surface area contributed by atoms with Crippen LogP contribution in [0.3, 0.4) is 0 Å². The fourth-order valence-corrected chi connectivity index (χ4v) is 4.94. The molecule has 4 aromatic rings. The number of anilines is 1. The van der Waals surface area contributed by atoms with E-state index in [-0.39, 0.29) is 30.5 Å². The molecule has 1 aromatic carbocycles. The minimum atomic E-state index is -0.748. The molecule has 0 saturated carbocycles. The van der Waals surface area contributed by atoms with Crippen molar-refractivity contribution in [1.29, 1.82) is 0 Å². The molecular weight excluding hydrogens is 521 g/mol. The Kier molecular flexibility index (Phi) is 7.74. The van der Waals surface area contributed by atoms with E-state index in [0.29, 0.717) is 57.7 Å². The maximum atomic E-state index is 14.7. The Balaban J connectivity index is 1.36. The fourth-order valence-electron chi connectivity index (χ4n) is 4.70. The van der Waals surface area contributed by atoms with Gasteiger partial charge < -0.3 is 20.1 Å². The van der Waals surface area contributed by atoms with Gasteiger partial charge in [-0.25, -0.2) is 14.4 Å². The number of morpholine rings is 1. The number of benzene rings is 1. The number of halogens is 2. The number of pyridine rings is 3. The number of nitrogens with one attached hydrogen (secondary N) is 1. The van der Waals surface area contributed by atoms with Crippen LogP contribution in [0, 0.1) is 5.82 Å². The molecule has 0 radical (unpaired) electrons. The molecule has 3 atom stereocenters. The number of amides is 1.